The van der Waals surface area contributed by atoms with Gasteiger partial charge in [-0.2, -0.15) is 0 Å². The fraction of sp³-hybridized carbons (Fsp3) is 0.188. The smallest absolute Gasteiger partial charge is 0.328 e. The molecule has 0 amide bonds. The highest BCUT2D eigenvalue weighted by Gasteiger charge is 2.33. The molecule has 2 rings (SSSR count). The average Bonchev–Trinajstić information content (AvgIpc) is 2.46. The molecule has 0 bridgehead atoms. The number of carbonyl (C=O) groups is 1. The molecule has 0 aromatic heterocycles. The first kappa shape index (κ1) is 14.1. The lowest BCUT2D eigenvalue weighted by atomic mass is 9.92. The standard InChI is InChI=1S/C16H17NO3/c1-16(17,15(18)19)13-9-5-6-10-14(13)20-11-12-7-3-2-4-8-12/h2-10H,11,17H2,1H3,(H,18,19). The Balaban J connectivity index is 2.23. The Kier molecular flexibility index (Phi) is 4.05. The van der Waals surface area contributed by atoms with Gasteiger partial charge < -0.3 is 15.6 Å². The van der Waals surface area contributed by atoms with E-state index in [-0.39, 0.29) is 0 Å². The zero-order valence-electron chi connectivity index (χ0n) is 11.2. The summed E-state index contributed by atoms with van der Waals surface area (Å²) in [6.07, 6.45) is 0. The van der Waals surface area contributed by atoms with Gasteiger partial charge >= 0.3 is 5.97 Å². The highest BCUT2D eigenvalue weighted by Crippen LogP contribution is 2.28. The SMILES string of the molecule is CC(N)(C(=O)O)c1ccccc1OCc1ccccc1. The number of ether oxygens (including phenoxy) is 1. The maximum atomic E-state index is 11.3. The molecule has 1 unspecified atom stereocenters. The molecule has 104 valence electrons. The number of carboxylic acids is 1. The second-order valence-corrected chi connectivity index (χ2v) is 4.78. The van der Waals surface area contributed by atoms with E-state index in [0.29, 0.717) is 17.9 Å². The fourth-order valence-electron chi connectivity index (χ4n) is 1.87. The van der Waals surface area contributed by atoms with Crippen LogP contribution in [0.4, 0.5) is 0 Å². The fourth-order valence-corrected chi connectivity index (χ4v) is 1.87. The van der Waals surface area contributed by atoms with E-state index in [4.69, 9.17) is 10.5 Å². The summed E-state index contributed by atoms with van der Waals surface area (Å²) in [7, 11) is 0. The molecule has 0 saturated heterocycles. The van der Waals surface area contributed by atoms with Gasteiger partial charge in [-0.25, -0.2) is 4.79 Å². The van der Waals surface area contributed by atoms with Gasteiger partial charge in [0.1, 0.15) is 17.9 Å². The van der Waals surface area contributed by atoms with Gasteiger partial charge in [0.05, 0.1) is 0 Å². The maximum absolute atomic E-state index is 11.3. The van der Waals surface area contributed by atoms with Crippen LogP contribution in [0.5, 0.6) is 5.75 Å². The lowest BCUT2D eigenvalue weighted by molar-refractivity contribution is -0.143. The summed E-state index contributed by atoms with van der Waals surface area (Å²) in [6, 6.07) is 16.6. The summed E-state index contributed by atoms with van der Waals surface area (Å²) in [6.45, 7) is 1.83. The largest absolute Gasteiger partial charge is 0.489 e. The van der Waals surface area contributed by atoms with Crippen molar-refractivity contribution in [3.05, 3.63) is 65.7 Å². The minimum Gasteiger partial charge on any atom is -0.489 e. The number of aliphatic carboxylic acids is 1. The summed E-state index contributed by atoms with van der Waals surface area (Å²) >= 11 is 0. The first-order chi connectivity index (χ1) is 9.51. The van der Waals surface area contributed by atoms with Crippen molar-refractivity contribution < 1.29 is 14.6 Å². The molecule has 0 aliphatic rings. The molecule has 3 N–H and O–H groups in total. The van der Waals surface area contributed by atoms with E-state index in [9.17, 15) is 9.90 Å². The van der Waals surface area contributed by atoms with Gasteiger partial charge in [-0.3, -0.25) is 0 Å². The van der Waals surface area contributed by atoms with E-state index in [1.807, 2.05) is 30.3 Å². The summed E-state index contributed by atoms with van der Waals surface area (Å²) in [5, 5.41) is 9.22. The minimum absolute atomic E-state index is 0.369. The third-order valence-corrected chi connectivity index (χ3v) is 3.13. The van der Waals surface area contributed by atoms with Gasteiger partial charge in [0.2, 0.25) is 0 Å². The van der Waals surface area contributed by atoms with Gasteiger partial charge in [-0.1, -0.05) is 48.5 Å². The topological polar surface area (TPSA) is 72.6 Å². The Morgan fingerprint density at radius 1 is 1.15 bits per heavy atom. The Morgan fingerprint density at radius 3 is 2.40 bits per heavy atom. The van der Waals surface area contributed by atoms with Crippen molar-refractivity contribution in [2.24, 2.45) is 5.73 Å². The van der Waals surface area contributed by atoms with Crippen molar-refractivity contribution in [3.8, 4) is 5.75 Å². The molecule has 2 aromatic rings. The van der Waals surface area contributed by atoms with Gasteiger partial charge in [-0.15, -0.1) is 0 Å². The molecule has 0 spiro atoms. The number of benzene rings is 2. The lowest BCUT2D eigenvalue weighted by Gasteiger charge is -2.22. The first-order valence-corrected chi connectivity index (χ1v) is 6.30. The Bertz CT molecular complexity index is 594. The number of hydrogen-bond donors (Lipinski definition) is 2. The van der Waals surface area contributed by atoms with E-state index in [0.717, 1.165) is 5.56 Å². The molecule has 0 aliphatic carbocycles. The lowest BCUT2D eigenvalue weighted by Crippen LogP contribution is -2.42. The molecule has 0 saturated carbocycles. The quantitative estimate of drug-likeness (QED) is 0.876. The maximum Gasteiger partial charge on any atom is 0.328 e. The van der Waals surface area contributed by atoms with E-state index in [1.165, 1.54) is 6.92 Å². The Hall–Kier alpha value is -2.33. The van der Waals surface area contributed by atoms with Gasteiger partial charge in [0.15, 0.2) is 0 Å². The molecule has 1 atom stereocenters. The van der Waals surface area contributed by atoms with Crippen molar-refractivity contribution in [2.75, 3.05) is 0 Å². The zero-order valence-corrected chi connectivity index (χ0v) is 11.2. The minimum atomic E-state index is -1.48. The van der Waals surface area contributed by atoms with Crippen LogP contribution in [-0.2, 0) is 16.9 Å². The van der Waals surface area contributed by atoms with E-state index < -0.39 is 11.5 Å². The van der Waals surface area contributed by atoms with Crippen LogP contribution < -0.4 is 10.5 Å². The third kappa shape index (κ3) is 2.97. The van der Waals surface area contributed by atoms with Crippen LogP contribution in [0.25, 0.3) is 0 Å². The molecule has 4 heteroatoms. The molecule has 2 aromatic carbocycles. The summed E-state index contributed by atoms with van der Waals surface area (Å²) in [4.78, 5) is 11.3. The second-order valence-electron chi connectivity index (χ2n) is 4.78. The van der Waals surface area contributed by atoms with Crippen LogP contribution >= 0.6 is 0 Å². The Morgan fingerprint density at radius 2 is 1.75 bits per heavy atom. The summed E-state index contributed by atoms with van der Waals surface area (Å²) in [5.41, 5.74) is 5.86. The number of nitrogens with two attached hydrogens (primary N) is 1. The number of para-hydroxylation sites is 1. The molecular weight excluding hydrogens is 254 g/mol. The van der Waals surface area contributed by atoms with Crippen LogP contribution in [0.3, 0.4) is 0 Å². The van der Waals surface area contributed by atoms with Crippen LogP contribution in [0.2, 0.25) is 0 Å². The molecule has 20 heavy (non-hydrogen) atoms. The van der Waals surface area contributed by atoms with E-state index >= 15 is 0 Å². The number of carboxylic acid groups (broad SMARTS) is 1. The highest BCUT2D eigenvalue weighted by molar-refractivity contribution is 5.81. The van der Waals surface area contributed by atoms with Crippen LogP contribution in [0.1, 0.15) is 18.1 Å². The third-order valence-electron chi connectivity index (χ3n) is 3.13. The van der Waals surface area contributed by atoms with Crippen LogP contribution in [0.15, 0.2) is 54.6 Å². The summed E-state index contributed by atoms with van der Waals surface area (Å²) in [5.74, 6) is -0.600. The first-order valence-electron chi connectivity index (χ1n) is 6.30. The Labute approximate surface area is 117 Å². The highest BCUT2D eigenvalue weighted by atomic mass is 16.5. The number of hydrogen-bond acceptors (Lipinski definition) is 3. The summed E-state index contributed by atoms with van der Waals surface area (Å²) < 4.78 is 5.72. The predicted octanol–water partition coefficient (Wildman–Crippen LogP) is 2.52. The second kappa shape index (κ2) is 5.75. The molecule has 0 aliphatic heterocycles. The molecule has 4 nitrogen and oxygen atoms in total. The van der Waals surface area contributed by atoms with Gasteiger partial charge in [-0.05, 0) is 18.6 Å². The van der Waals surface area contributed by atoms with Gasteiger partial charge in [0, 0.05) is 5.56 Å². The zero-order chi connectivity index (χ0) is 14.6. The number of rotatable bonds is 5. The van der Waals surface area contributed by atoms with Crippen molar-refractivity contribution in [2.45, 2.75) is 19.1 Å². The van der Waals surface area contributed by atoms with Gasteiger partial charge in [0.25, 0.3) is 0 Å². The van der Waals surface area contributed by atoms with Crippen LogP contribution in [0, 0.1) is 0 Å². The monoisotopic (exact) mass is 271 g/mol. The van der Waals surface area contributed by atoms with Crippen molar-refractivity contribution in [1.82, 2.24) is 0 Å². The average molecular weight is 271 g/mol. The van der Waals surface area contributed by atoms with E-state index in [2.05, 4.69) is 0 Å². The molecule has 0 heterocycles. The normalized spacial score (nSPS) is 13.5. The molecule has 0 radical (unpaired) electrons. The van der Waals surface area contributed by atoms with Crippen molar-refractivity contribution >= 4 is 5.97 Å². The van der Waals surface area contributed by atoms with E-state index in [1.54, 1.807) is 24.3 Å². The molecule has 0 fully saturated rings. The molecular formula is C16H17NO3. The predicted molar refractivity (Wildman–Crippen MR) is 76.4 cm³/mol. The van der Waals surface area contributed by atoms with Crippen molar-refractivity contribution in [1.29, 1.82) is 0 Å². The van der Waals surface area contributed by atoms with Crippen LogP contribution in [-0.4, -0.2) is 11.1 Å². The van der Waals surface area contributed by atoms with Crippen molar-refractivity contribution in [3.63, 3.8) is 0 Å².